The first-order valence-electron chi connectivity index (χ1n) is 5.33. The summed E-state index contributed by atoms with van der Waals surface area (Å²) in [6.07, 6.45) is 2.26. The highest BCUT2D eigenvalue weighted by molar-refractivity contribution is 6.32. The molecule has 2 heterocycles. The van der Waals surface area contributed by atoms with E-state index >= 15 is 0 Å². The van der Waals surface area contributed by atoms with Gasteiger partial charge in [0.2, 0.25) is 11.9 Å². The highest BCUT2D eigenvalue weighted by atomic mass is 35.5. The molecule has 1 aromatic rings. The molecular weight excluding hydrogens is 242 g/mol. The second-order valence-corrected chi connectivity index (χ2v) is 4.29. The van der Waals surface area contributed by atoms with Crippen molar-refractivity contribution in [3.8, 4) is 0 Å². The molecule has 0 aromatic carbocycles. The Kier molecular flexibility index (Phi) is 3.33. The van der Waals surface area contributed by atoms with Gasteiger partial charge in [-0.3, -0.25) is 4.79 Å². The minimum absolute atomic E-state index is 0.0608. The molecular formula is C10H14ClN5O. The van der Waals surface area contributed by atoms with Crippen molar-refractivity contribution in [2.45, 2.75) is 12.5 Å². The van der Waals surface area contributed by atoms with Crippen LogP contribution in [0.5, 0.6) is 0 Å². The number of rotatable bonds is 3. The third-order valence-electron chi connectivity index (χ3n) is 2.71. The van der Waals surface area contributed by atoms with E-state index in [-0.39, 0.29) is 11.9 Å². The van der Waals surface area contributed by atoms with E-state index in [0.717, 1.165) is 13.0 Å². The first-order chi connectivity index (χ1) is 8.11. The van der Waals surface area contributed by atoms with E-state index in [0.29, 0.717) is 16.8 Å². The normalized spacial score (nSPS) is 19.6. The zero-order valence-electron chi connectivity index (χ0n) is 9.70. The first kappa shape index (κ1) is 11.9. The molecule has 6 nitrogen and oxygen atoms in total. The predicted octanol–water partition coefficient (Wildman–Crippen LogP) is 0.814. The van der Waals surface area contributed by atoms with E-state index in [1.54, 1.807) is 19.0 Å². The van der Waals surface area contributed by atoms with E-state index in [9.17, 15) is 4.79 Å². The van der Waals surface area contributed by atoms with Crippen LogP contribution in [-0.2, 0) is 4.79 Å². The lowest BCUT2D eigenvalue weighted by molar-refractivity contribution is -0.127. The lowest BCUT2D eigenvalue weighted by Crippen LogP contribution is -2.31. The van der Waals surface area contributed by atoms with Gasteiger partial charge in [0, 0.05) is 20.6 Å². The monoisotopic (exact) mass is 255 g/mol. The van der Waals surface area contributed by atoms with Crippen LogP contribution in [0.25, 0.3) is 0 Å². The summed E-state index contributed by atoms with van der Waals surface area (Å²) >= 11 is 5.98. The van der Waals surface area contributed by atoms with E-state index in [4.69, 9.17) is 11.6 Å². The molecule has 0 aliphatic carbocycles. The van der Waals surface area contributed by atoms with Crippen LogP contribution in [0.1, 0.15) is 6.42 Å². The molecule has 1 unspecified atom stereocenters. The Bertz CT molecular complexity index is 439. The molecule has 1 aromatic heterocycles. The lowest BCUT2D eigenvalue weighted by Gasteiger charge is -2.14. The summed E-state index contributed by atoms with van der Waals surface area (Å²) in [5.74, 6) is 1.01. The maximum absolute atomic E-state index is 11.7. The largest absolute Gasteiger partial charge is 0.357 e. The number of hydrogen-bond acceptors (Lipinski definition) is 5. The van der Waals surface area contributed by atoms with Crippen molar-refractivity contribution in [3.63, 3.8) is 0 Å². The van der Waals surface area contributed by atoms with Crippen molar-refractivity contribution in [1.82, 2.24) is 14.9 Å². The van der Waals surface area contributed by atoms with Crippen LogP contribution in [0.4, 0.5) is 11.8 Å². The van der Waals surface area contributed by atoms with E-state index < -0.39 is 0 Å². The van der Waals surface area contributed by atoms with Gasteiger partial charge in [0.15, 0.2) is 5.82 Å². The van der Waals surface area contributed by atoms with Gasteiger partial charge in [0.1, 0.15) is 11.1 Å². The van der Waals surface area contributed by atoms with Crippen LogP contribution in [0, 0.1) is 0 Å². The van der Waals surface area contributed by atoms with E-state index in [2.05, 4.69) is 20.6 Å². The average Bonchev–Trinajstić information content (AvgIpc) is 2.64. The lowest BCUT2D eigenvalue weighted by atomic mass is 10.2. The topological polar surface area (TPSA) is 70.2 Å². The van der Waals surface area contributed by atoms with E-state index in [1.807, 2.05) is 0 Å². The number of carbonyl (C=O) groups excluding carboxylic acids is 1. The SMILES string of the molecule is CNc1ncc(Cl)c(NC2CCN(C)C2=O)n1. The van der Waals surface area contributed by atoms with E-state index in [1.165, 1.54) is 6.20 Å². The van der Waals surface area contributed by atoms with Crippen LogP contribution in [-0.4, -0.2) is 47.5 Å². The quantitative estimate of drug-likeness (QED) is 0.837. The van der Waals surface area contributed by atoms with Crippen LogP contribution in [0.2, 0.25) is 5.02 Å². The van der Waals surface area contributed by atoms with Gasteiger partial charge in [-0.15, -0.1) is 0 Å². The Balaban J connectivity index is 2.15. The number of aromatic nitrogens is 2. The van der Waals surface area contributed by atoms with Gasteiger partial charge >= 0.3 is 0 Å². The maximum Gasteiger partial charge on any atom is 0.244 e. The highest BCUT2D eigenvalue weighted by Gasteiger charge is 2.29. The standard InChI is InChI=1S/C10H14ClN5O/c1-12-10-13-5-6(11)8(15-10)14-7-3-4-16(2)9(7)17/h5,7H,3-4H2,1-2H3,(H2,12,13,14,15). The highest BCUT2D eigenvalue weighted by Crippen LogP contribution is 2.22. The van der Waals surface area contributed by atoms with Crippen LogP contribution < -0.4 is 10.6 Å². The number of nitrogens with zero attached hydrogens (tertiary/aromatic N) is 3. The molecule has 1 aliphatic heterocycles. The Morgan fingerprint density at radius 2 is 2.35 bits per heavy atom. The minimum atomic E-state index is -0.253. The van der Waals surface area contributed by atoms with Crippen molar-refractivity contribution < 1.29 is 4.79 Å². The minimum Gasteiger partial charge on any atom is -0.357 e. The Morgan fingerprint density at radius 1 is 1.59 bits per heavy atom. The molecule has 1 atom stereocenters. The third-order valence-corrected chi connectivity index (χ3v) is 2.98. The number of halogens is 1. The van der Waals surface area contributed by atoms with Crippen LogP contribution in [0.3, 0.4) is 0 Å². The molecule has 2 rings (SSSR count). The Labute approximate surface area is 104 Å². The molecule has 1 fully saturated rings. The van der Waals surface area contributed by atoms with Gasteiger partial charge in [0.05, 0.1) is 6.20 Å². The number of anilines is 2. The van der Waals surface area contributed by atoms with Crippen molar-refractivity contribution >= 4 is 29.3 Å². The fraction of sp³-hybridized carbons (Fsp3) is 0.500. The smallest absolute Gasteiger partial charge is 0.244 e. The summed E-state index contributed by atoms with van der Waals surface area (Å²) < 4.78 is 0. The molecule has 0 spiro atoms. The Morgan fingerprint density at radius 3 is 2.94 bits per heavy atom. The number of hydrogen-bond donors (Lipinski definition) is 2. The molecule has 2 N–H and O–H groups in total. The van der Waals surface area contributed by atoms with Gasteiger partial charge in [-0.2, -0.15) is 4.98 Å². The summed E-state index contributed by atoms with van der Waals surface area (Å²) in [4.78, 5) is 21.6. The number of amides is 1. The van der Waals surface area contributed by atoms with Gasteiger partial charge < -0.3 is 15.5 Å². The van der Waals surface area contributed by atoms with Crippen molar-refractivity contribution in [1.29, 1.82) is 0 Å². The summed E-state index contributed by atoms with van der Waals surface area (Å²) in [5, 5.41) is 6.28. The molecule has 1 saturated heterocycles. The van der Waals surface area contributed by atoms with Crippen molar-refractivity contribution in [2.24, 2.45) is 0 Å². The number of likely N-dealkylation sites (tertiary alicyclic amines) is 1. The van der Waals surface area contributed by atoms with Crippen molar-refractivity contribution in [2.75, 3.05) is 31.3 Å². The molecule has 1 aliphatic rings. The second kappa shape index (κ2) is 4.75. The summed E-state index contributed by atoms with van der Waals surface area (Å²) in [6, 6.07) is -0.253. The molecule has 7 heteroatoms. The van der Waals surface area contributed by atoms with Gasteiger partial charge in [-0.05, 0) is 6.42 Å². The zero-order chi connectivity index (χ0) is 12.4. The maximum atomic E-state index is 11.7. The fourth-order valence-electron chi connectivity index (χ4n) is 1.71. The Hall–Kier alpha value is -1.56. The molecule has 92 valence electrons. The fourth-order valence-corrected chi connectivity index (χ4v) is 1.86. The first-order valence-corrected chi connectivity index (χ1v) is 5.71. The molecule has 0 saturated carbocycles. The summed E-state index contributed by atoms with van der Waals surface area (Å²) in [6.45, 7) is 0.748. The number of likely N-dealkylation sites (N-methyl/N-ethyl adjacent to an activating group) is 1. The van der Waals surface area contributed by atoms with Gasteiger partial charge in [-0.25, -0.2) is 4.98 Å². The zero-order valence-corrected chi connectivity index (χ0v) is 10.5. The van der Waals surface area contributed by atoms with Crippen LogP contribution >= 0.6 is 11.6 Å². The molecule has 17 heavy (non-hydrogen) atoms. The second-order valence-electron chi connectivity index (χ2n) is 3.89. The molecule has 0 radical (unpaired) electrons. The molecule has 1 amide bonds. The summed E-state index contributed by atoms with van der Waals surface area (Å²) in [7, 11) is 3.51. The summed E-state index contributed by atoms with van der Waals surface area (Å²) in [5.41, 5.74) is 0. The third kappa shape index (κ3) is 2.41. The number of nitrogens with one attached hydrogen (secondary N) is 2. The number of carbonyl (C=O) groups is 1. The van der Waals surface area contributed by atoms with Crippen molar-refractivity contribution in [3.05, 3.63) is 11.2 Å². The molecule has 0 bridgehead atoms. The van der Waals surface area contributed by atoms with Gasteiger partial charge in [-0.1, -0.05) is 11.6 Å². The van der Waals surface area contributed by atoms with Crippen LogP contribution in [0.15, 0.2) is 6.20 Å². The van der Waals surface area contributed by atoms with Gasteiger partial charge in [0.25, 0.3) is 0 Å². The predicted molar refractivity (Wildman–Crippen MR) is 66.3 cm³/mol. The average molecular weight is 256 g/mol.